The molecule has 326 valence electrons. The van der Waals surface area contributed by atoms with Crippen LogP contribution in [0.15, 0.2) is 179 Å². The van der Waals surface area contributed by atoms with E-state index in [1.165, 1.54) is 21.4 Å². The maximum absolute atomic E-state index is 12.7. The number of nitrogens with zero attached hydrogens (tertiary/aromatic N) is 6. The lowest BCUT2D eigenvalue weighted by molar-refractivity contribution is 0.482. The summed E-state index contributed by atoms with van der Waals surface area (Å²) in [5.74, 6) is 3.39. The van der Waals surface area contributed by atoms with Gasteiger partial charge in [-0.3, -0.25) is 4.21 Å². The first-order valence-corrected chi connectivity index (χ1v) is 25.5. The lowest BCUT2D eigenvalue weighted by Crippen LogP contribution is -2.09. The van der Waals surface area contributed by atoms with E-state index in [0.717, 1.165) is 56.6 Å². The Labute approximate surface area is 394 Å². The van der Waals surface area contributed by atoms with E-state index in [4.69, 9.17) is 32.7 Å². The number of halogens is 2. The number of ether oxygens (including phenoxy) is 2. The molecule has 1 unspecified atom stereocenters. The SMILES string of the molecule is O=S(=O)(CCc1ccccc1)c1nn2cc(-c3ccc(Oc4ccc(Cl)cc4)cc3)nc2s1.O=S(CCc1ccccc1)c1nn2cc(-c3ccc(Oc4ccc(Cl)cc4)cc3)nc2s1. The van der Waals surface area contributed by atoms with Crippen LogP contribution in [0.4, 0.5) is 0 Å². The van der Waals surface area contributed by atoms with Crippen molar-refractivity contribution >= 4 is 76.4 Å². The maximum Gasteiger partial charge on any atom is 0.232 e. The Bertz CT molecular complexity index is 3240. The van der Waals surface area contributed by atoms with Gasteiger partial charge >= 0.3 is 0 Å². The summed E-state index contributed by atoms with van der Waals surface area (Å²) >= 11 is 14.3. The summed E-state index contributed by atoms with van der Waals surface area (Å²) in [6.07, 6.45) is 4.79. The highest BCUT2D eigenvalue weighted by atomic mass is 35.5. The van der Waals surface area contributed by atoms with Gasteiger partial charge in [-0.05, 0) is 121 Å². The zero-order chi connectivity index (χ0) is 44.8. The van der Waals surface area contributed by atoms with Crippen molar-refractivity contribution in [2.45, 2.75) is 21.5 Å². The minimum atomic E-state index is -3.48. The first-order valence-electron chi connectivity index (χ1n) is 20.1. The summed E-state index contributed by atoms with van der Waals surface area (Å²) in [6.45, 7) is 0. The summed E-state index contributed by atoms with van der Waals surface area (Å²) < 4.78 is 53.6. The predicted molar refractivity (Wildman–Crippen MR) is 259 cm³/mol. The van der Waals surface area contributed by atoms with Gasteiger partial charge < -0.3 is 9.47 Å². The van der Waals surface area contributed by atoms with E-state index in [2.05, 4.69) is 20.2 Å². The zero-order valence-electron chi connectivity index (χ0n) is 34.1. The Morgan fingerprint density at radius 1 is 0.538 bits per heavy atom. The van der Waals surface area contributed by atoms with Gasteiger partial charge in [0.1, 0.15) is 23.0 Å². The number of aryl methyl sites for hydroxylation is 2. The fourth-order valence-corrected chi connectivity index (χ4v) is 11.4. The van der Waals surface area contributed by atoms with Crippen LogP contribution in [-0.2, 0) is 33.5 Å². The lowest BCUT2D eigenvalue weighted by Gasteiger charge is -2.06. The van der Waals surface area contributed by atoms with Gasteiger partial charge in [-0.25, -0.2) is 27.4 Å². The Morgan fingerprint density at radius 3 is 1.43 bits per heavy atom. The molecule has 10 rings (SSSR count). The molecule has 4 aromatic heterocycles. The molecule has 0 amide bonds. The highest BCUT2D eigenvalue weighted by Crippen LogP contribution is 2.30. The first kappa shape index (κ1) is 44.0. The van der Waals surface area contributed by atoms with Crippen LogP contribution in [0.2, 0.25) is 10.0 Å². The third kappa shape index (κ3) is 11.2. The lowest BCUT2D eigenvalue weighted by atomic mass is 10.2. The molecule has 0 aliphatic carbocycles. The van der Waals surface area contributed by atoms with Crippen molar-refractivity contribution in [1.29, 1.82) is 0 Å². The van der Waals surface area contributed by atoms with E-state index in [9.17, 15) is 12.6 Å². The number of rotatable bonds is 14. The molecule has 0 bridgehead atoms. The molecule has 10 aromatic rings. The van der Waals surface area contributed by atoms with Gasteiger partial charge in [-0.2, -0.15) is 0 Å². The van der Waals surface area contributed by atoms with Crippen LogP contribution in [0.5, 0.6) is 23.0 Å². The van der Waals surface area contributed by atoms with Gasteiger partial charge in [0.05, 0.1) is 40.3 Å². The minimum absolute atomic E-state index is 0.00954. The number of fused-ring (bicyclic) bond motifs is 2. The number of benzene rings is 6. The molecule has 0 N–H and O–H groups in total. The van der Waals surface area contributed by atoms with E-state index in [0.29, 0.717) is 48.7 Å². The fourth-order valence-electron chi connectivity index (χ4n) is 6.45. The number of hydrogen-bond acceptors (Lipinski definition) is 11. The molecule has 0 saturated heterocycles. The van der Waals surface area contributed by atoms with Gasteiger partial charge in [-0.15, -0.1) is 10.2 Å². The van der Waals surface area contributed by atoms with Crippen molar-refractivity contribution in [3.8, 4) is 45.5 Å². The maximum atomic E-state index is 12.7. The van der Waals surface area contributed by atoms with Crippen LogP contribution in [0.25, 0.3) is 32.4 Å². The van der Waals surface area contributed by atoms with Crippen LogP contribution in [0.1, 0.15) is 11.1 Å². The van der Waals surface area contributed by atoms with E-state index in [1.807, 2.05) is 128 Å². The van der Waals surface area contributed by atoms with Crippen LogP contribution in [0.3, 0.4) is 0 Å². The molecule has 0 saturated carbocycles. The quantitative estimate of drug-likeness (QED) is 0.105. The van der Waals surface area contributed by atoms with Crippen molar-refractivity contribution in [1.82, 2.24) is 29.2 Å². The topological polar surface area (TPSA) is 130 Å². The summed E-state index contributed by atoms with van der Waals surface area (Å²) in [4.78, 5) is 10.5. The standard InChI is InChI=1S/C24H18ClN3O3S2.C24H18ClN3O2S2/c25-19-8-12-21(13-9-19)31-20-10-6-18(7-11-20)22-16-28-23(26-22)32-24(27-28)33(29,30)15-14-17-4-2-1-3-5-17;25-19-8-12-21(13-9-19)30-20-10-6-18(7-11-20)22-16-28-23(26-22)31-24(27-28)32(29)15-14-17-4-2-1-3-5-17/h1-13,16H,14-15H2;1-13,16H,14-15H2. The van der Waals surface area contributed by atoms with Gasteiger partial charge in [0, 0.05) is 26.9 Å². The Hall–Kier alpha value is -6.20. The normalized spacial score (nSPS) is 11.9. The van der Waals surface area contributed by atoms with E-state index < -0.39 is 20.6 Å². The number of aromatic nitrogens is 6. The van der Waals surface area contributed by atoms with Crippen molar-refractivity contribution < 1.29 is 22.1 Å². The summed E-state index contributed by atoms with van der Waals surface area (Å²) in [7, 11) is -4.63. The molecule has 6 aromatic carbocycles. The van der Waals surface area contributed by atoms with Crippen LogP contribution in [-0.4, -0.2) is 53.3 Å². The van der Waals surface area contributed by atoms with Crippen LogP contribution in [0, 0.1) is 0 Å². The highest BCUT2D eigenvalue weighted by Gasteiger charge is 2.22. The van der Waals surface area contributed by atoms with Crippen LogP contribution >= 0.6 is 45.9 Å². The van der Waals surface area contributed by atoms with Crippen molar-refractivity contribution in [2.24, 2.45) is 0 Å². The van der Waals surface area contributed by atoms with Crippen molar-refractivity contribution in [3.63, 3.8) is 0 Å². The minimum Gasteiger partial charge on any atom is -0.457 e. The number of imidazole rings is 2. The Balaban J connectivity index is 0.000000164. The largest absolute Gasteiger partial charge is 0.457 e. The van der Waals surface area contributed by atoms with Gasteiger partial charge in [0.15, 0.2) is 0 Å². The summed E-state index contributed by atoms with van der Waals surface area (Å²) in [6, 6.07) is 49.2. The Kier molecular flexibility index (Phi) is 13.5. The molecule has 65 heavy (non-hydrogen) atoms. The van der Waals surface area contributed by atoms with Crippen LogP contribution < -0.4 is 9.47 Å². The molecule has 17 heteroatoms. The second-order valence-electron chi connectivity index (χ2n) is 14.4. The van der Waals surface area contributed by atoms with Crippen molar-refractivity contribution in [2.75, 3.05) is 11.5 Å². The third-order valence-corrected chi connectivity index (χ3v) is 16.0. The van der Waals surface area contributed by atoms with E-state index in [1.54, 1.807) is 47.1 Å². The zero-order valence-corrected chi connectivity index (χ0v) is 38.9. The Morgan fingerprint density at radius 2 is 0.969 bits per heavy atom. The smallest absolute Gasteiger partial charge is 0.232 e. The molecule has 0 aliphatic rings. The third-order valence-electron chi connectivity index (χ3n) is 9.83. The summed E-state index contributed by atoms with van der Waals surface area (Å²) in [5, 5.41) is 10.1. The average Bonchev–Trinajstić information content (AvgIpc) is 4.12. The molecule has 0 fully saturated rings. The molecular formula is C48H36Cl2N6O5S4. The molecular weight excluding hydrogens is 940 g/mol. The van der Waals surface area contributed by atoms with Crippen molar-refractivity contribution in [3.05, 3.63) is 191 Å². The second-order valence-corrected chi connectivity index (χ2v) is 21.3. The molecule has 0 spiro atoms. The highest BCUT2D eigenvalue weighted by molar-refractivity contribution is 7.93. The number of hydrogen-bond donors (Lipinski definition) is 0. The predicted octanol–water partition coefficient (Wildman–Crippen LogP) is 12.2. The molecule has 1 atom stereocenters. The van der Waals surface area contributed by atoms with E-state index >= 15 is 0 Å². The molecule has 11 nitrogen and oxygen atoms in total. The average molecular weight is 976 g/mol. The molecule has 4 heterocycles. The fraction of sp³-hybridized carbons (Fsp3) is 0.0833. The number of sulfone groups is 1. The first-order chi connectivity index (χ1) is 31.6. The molecule has 0 radical (unpaired) electrons. The monoisotopic (exact) mass is 974 g/mol. The second kappa shape index (κ2) is 19.9. The van der Waals surface area contributed by atoms with Gasteiger partial charge in [0.2, 0.25) is 28.4 Å². The summed E-state index contributed by atoms with van der Waals surface area (Å²) in [5.41, 5.74) is 5.51. The van der Waals surface area contributed by atoms with Gasteiger partial charge in [0.25, 0.3) is 0 Å². The van der Waals surface area contributed by atoms with E-state index in [-0.39, 0.29) is 10.1 Å². The molecule has 0 aliphatic heterocycles. The van der Waals surface area contributed by atoms with Gasteiger partial charge in [-0.1, -0.05) is 107 Å².